The molecule has 0 bridgehead atoms. The van der Waals surface area contributed by atoms with Gasteiger partial charge in [0.25, 0.3) is 0 Å². The zero-order valence-corrected chi connectivity index (χ0v) is 18.6. The molecule has 31 heavy (non-hydrogen) atoms. The van der Waals surface area contributed by atoms with E-state index in [-0.39, 0.29) is 11.3 Å². The Morgan fingerprint density at radius 2 is 1.94 bits per heavy atom. The molecule has 0 saturated heterocycles. The first kappa shape index (κ1) is 21.1. The van der Waals surface area contributed by atoms with Crippen LogP contribution in [0.5, 0.6) is 0 Å². The molecule has 9 heteroatoms. The number of pyridine rings is 2. The molecule has 4 aromatic rings. The van der Waals surface area contributed by atoms with E-state index in [9.17, 15) is 5.11 Å². The number of hydrogen-bond donors (Lipinski definition) is 2. The van der Waals surface area contributed by atoms with Crippen molar-refractivity contribution in [3.05, 3.63) is 59.5 Å². The van der Waals surface area contributed by atoms with Gasteiger partial charge >= 0.3 is 0 Å². The molecule has 0 aliphatic heterocycles. The summed E-state index contributed by atoms with van der Waals surface area (Å²) in [4.78, 5) is 22.1. The fourth-order valence-electron chi connectivity index (χ4n) is 3.31. The van der Waals surface area contributed by atoms with Crippen molar-refractivity contribution in [1.82, 2.24) is 29.5 Å². The predicted molar refractivity (Wildman–Crippen MR) is 121 cm³/mol. The Balaban J connectivity index is 1.64. The molecule has 0 atom stereocenters. The Hall–Kier alpha value is -3.10. The molecule has 0 aliphatic carbocycles. The van der Waals surface area contributed by atoms with E-state index in [0.29, 0.717) is 29.2 Å². The van der Waals surface area contributed by atoms with Crippen molar-refractivity contribution >= 4 is 28.6 Å². The number of rotatable bonds is 6. The van der Waals surface area contributed by atoms with E-state index in [4.69, 9.17) is 11.6 Å². The van der Waals surface area contributed by atoms with Crippen LogP contribution >= 0.6 is 11.6 Å². The second-order valence-electron chi connectivity index (χ2n) is 8.11. The molecule has 4 rings (SSSR count). The third kappa shape index (κ3) is 4.35. The summed E-state index contributed by atoms with van der Waals surface area (Å²) in [6.07, 6.45) is 5.22. The number of aromatic nitrogens is 6. The molecule has 2 N–H and O–H groups in total. The van der Waals surface area contributed by atoms with Gasteiger partial charge in [-0.1, -0.05) is 6.07 Å². The van der Waals surface area contributed by atoms with Gasteiger partial charge in [-0.15, -0.1) is 0 Å². The maximum atomic E-state index is 10.1. The lowest BCUT2D eigenvalue weighted by molar-refractivity contribution is 0.0739. The van der Waals surface area contributed by atoms with E-state index < -0.39 is 5.60 Å². The highest BCUT2D eigenvalue weighted by molar-refractivity contribution is 6.28. The Labute approximate surface area is 185 Å². The maximum absolute atomic E-state index is 10.1. The van der Waals surface area contributed by atoms with E-state index in [1.54, 1.807) is 32.6 Å². The van der Waals surface area contributed by atoms with Gasteiger partial charge < -0.3 is 15.0 Å². The third-order valence-electron chi connectivity index (χ3n) is 4.95. The van der Waals surface area contributed by atoms with Crippen LogP contribution < -0.4 is 5.32 Å². The van der Waals surface area contributed by atoms with E-state index in [2.05, 4.69) is 44.1 Å². The van der Waals surface area contributed by atoms with Crippen LogP contribution in [0.2, 0.25) is 5.28 Å². The third-order valence-corrected chi connectivity index (χ3v) is 5.12. The zero-order valence-electron chi connectivity index (χ0n) is 17.8. The number of halogens is 1. The second-order valence-corrected chi connectivity index (χ2v) is 8.45. The summed E-state index contributed by atoms with van der Waals surface area (Å²) < 4.78 is 1.96. The lowest BCUT2D eigenvalue weighted by atomic mass is 10.0. The van der Waals surface area contributed by atoms with Crippen molar-refractivity contribution in [2.45, 2.75) is 45.9 Å². The fraction of sp³-hybridized carbons (Fsp3) is 0.318. The number of nitrogens with one attached hydrogen (secondary N) is 1. The van der Waals surface area contributed by atoms with E-state index in [1.807, 2.05) is 28.8 Å². The summed E-state index contributed by atoms with van der Waals surface area (Å²) in [5.74, 6) is 0.569. The molecule has 0 amide bonds. The van der Waals surface area contributed by atoms with Gasteiger partial charge in [-0.2, -0.15) is 9.97 Å². The number of aliphatic hydroxyl groups is 1. The van der Waals surface area contributed by atoms with Gasteiger partial charge in [0.05, 0.1) is 17.7 Å². The number of hydrogen-bond acceptors (Lipinski definition) is 7. The van der Waals surface area contributed by atoms with Crippen molar-refractivity contribution in [3.63, 3.8) is 0 Å². The molecular weight excluding hydrogens is 414 g/mol. The summed E-state index contributed by atoms with van der Waals surface area (Å²) in [6.45, 7) is 8.00. The number of imidazole rings is 1. The lowest BCUT2D eigenvalue weighted by Gasteiger charge is -2.17. The van der Waals surface area contributed by atoms with Gasteiger partial charge in [-0.3, -0.25) is 9.97 Å². The molecule has 4 heterocycles. The van der Waals surface area contributed by atoms with E-state index in [1.165, 1.54) is 0 Å². The van der Waals surface area contributed by atoms with E-state index in [0.717, 1.165) is 16.8 Å². The molecule has 160 valence electrons. The van der Waals surface area contributed by atoms with Crippen LogP contribution in [0, 0.1) is 0 Å². The zero-order chi connectivity index (χ0) is 22.2. The standard InChI is InChI=1S/C22H24ClN7O/c1-13(2)30-12-27-18-19(28-21(23)29-20(18)30)26-11-14-6-5-9-24-17(14)15-7-8-16(25-10-15)22(3,4)31/h5-10,12-13,31H,11H2,1-4H3,(H,26,28,29). The molecular formula is C22H24ClN7O. The summed E-state index contributed by atoms with van der Waals surface area (Å²) in [6, 6.07) is 7.80. The van der Waals surface area contributed by atoms with Crippen LogP contribution in [-0.2, 0) is 12.1 Å². The minimum Gasteiger partial charge on any atom is -0.384 e. The number of fused-ring (bicyclic) bond motifs is 1. The van der Waals surface area contributed by atoms with Crippen molar-refractivity contribution in [1.29, 1.82) is 0 Å². The summed E-state index contributed by atoms with van der Waals surface area (Å²) >= 11 is 6.17. The lowest BCUT2D eigenvalue weighted by Crippen LogP contribution is -2.17. The first-order valence-corrected chi connectivity index (χ1v) is 10.4. The van der Waals surface area contributed by atoms with Gasteiger partial charge in [0.15, 0.2) is 17.0 Å². The Kier molecular flexibility index (Phi) is 5.60. The van der Waals surface area contributed by atoms with Crippen LogP contribution in [0.3, 0.4) is 0 Å². The average Bonchev–Trinajstić information content (AvgIpc) is 3.16. The molecule has 0 unspecified atom stereocenters. The summed E-state index contributed by atoms with van der Waals surface area (Å²) in [7, 11) is 0. The SMILES string of the molecule is CC(C)n1cnc2c(NCc3cccnc3-c3ccc(C(C)(C)O)nc3)nc(Cl)nc21. The second kappa shape index (κ2) is 8.20. The first-order chi connectivity index (χ1) is 14.7. The Bertz CT molecular complexity index is 1210. The van der Waals surface area contributed by atoms with Crippen LogP contribution in [0.1, 0.15) is 45.0 Å². The quantitative estimate of drug-likeness (QED) is 0.432. The smallest absolute Gasteiger partial charge is 0.226 e. The van der Waals surface area contributed by atoms with Crippen molar-refractivity contribution in [3.8, 4) is 11.3 Å². The highest BCUT2D eigenvalue weighted by Crippen LogP contribution is 2.26. The Morgan fingerprint density at radius 1 is 1.13 bits per heavy atom. The summed E-state index contributed by atoms with van der Waals surface area (Å²) in [5, 5.41) is 13.6. The fourth-order valence-corrected chi connectivity index (χ4v) is 3.47. The van der Waals surface area contributed by atoms with E-state index >= 15 is 0 Å². The monoisotopic (exact) mass is 437 g/mol. The minimum atomic E-state index is -0.996. The first-order valence-electron chi connectivity index (χ1n) is 10.0. The van der Waals surface area contributed by atoms with Crippen molar-refractivity contribution in [2.75, 3.05) is 5.32 Å². The number of anilines is 1. The van der Waals surface area contributed by atoms with Crippen LogP contribution in [0.15, 0.2) is 43.0 Å². The topological polar surface area (TPSA) is 102 Å². The minimum absolute atomic E-state index is 0.162. The molecule has 4 aromatic heterocycles. The van der Waals surface area contributed by atoms with Gasteiger partial charge in [0, 0.05) is 30.5 Å². The van der Waals surface area contributed by atoms with Gasteiger partial charge in [-0.25, -0.2) is 4.98 Å². The van der Waals surface area contributed by atoms with Gasteiger partial charge in [-0.05, 0) is 63.1 Å². The number of nitrogens with zero attached hydrogens (tertiary/aromatic N) is 6. The largest absolute Gasteiger partial charge is 0.384 e. The molecule has 0 aliphatic rings. The normalized spacial score (nSPS) is 12.0. The van der Waals surface area contributed by atoms with Gasteiger partial charge in [0.2, 0.25) is 5.28 Å². The van der Waals surface area contributed by atoms with Gasteiger partial charge in [0.1, 0.15) is 5.60 Å². The summed E-state index contributed by atoms with van der Waals surface area (Å²) in [5.41, 5.74) is 3.59. The van der Waals surface area contributed by atoms with Crippen LogP contribution in [0.25, 0.3) is 22.4 Å². The van der Waals surface area contributed by atoms with Crippen LogP contribution in [0.4, 0.5) is 5.82 Å². The highest BCUT2D eigenvalue weighted by Gasteiger charge is 2.18. The molecule has 0 saturated carbocycles. The van der Waals surface area contributed by atoms with Crippen molar-refractivity contribution in [2.24, 2.45) is 0 Å². The van der Waals surface area contributed by atoms with Crippen LogP contribution in [-0.4, -0.2) is 34.6 Å². The molecule has 0 aromatic carbocycles. The van der Waals surface area contributed by atoms with Crippen molar-refractivity contribution < 1.29 is 5.11 Å². The molecule has 8 nitrogen and oxygen atoms in total. The molecule has 0 spiro atoms. The predicted octanol–water partition coefficient (Wildman–Crippen LogP) is 4.36. The molecule has 0 fully saturated rings. The highest BCUT2D eigenvalue weighted by atomic mass is 35.5. The molecule has 0 radical (unpaired) electrons. The average molecular weight is 438 g/mol. The Morgan fingerprint density at radius 3 is 2.61 bits per heavy atom. The maximum Gasteiger partial charge on any atom is 0.226 e.